The SMILES string of the molecule is CN1CC(C(=O)O)C[C@@H]2c3cccc4c3c(cn4C3CCCC3)C[C@H]21. The largest absolute Gasteiger partial charge is 0.481 e. The minimum Gasteiger partial charge on any atom is -0.481 e. The Morgan fingerprint density at radius 1 is 1.24 bits per heavy atom. The molecule has 4 heteroatoms. The summed E-state index contributed by atoms with van der Waals surface area (Å²) in [6, 6.07) is 7.78. The molecule has 0 bridgehead atoms. The van der Waals surface area contributed by atoms with Crippen molar-refractivity contribution in [1.82, 2.24) is 9.47 Å². The van der Waals surface area contributed by atoms with E-state index in [1.54, 1.807) is 0 Å². The average molecular weight is 338 g/mol. The van der Waals surface area contributed by atoms with E-state index in [-0.39, 0.29) is 5.92 Å². The number of likely N-dealkylation sites (N-methyl/N-ethyl adjacent to an activating group) is 1. The zero-order chi connectivity index (χ0) is 17.1. The van der Waals surface area contributed by atoms with Crippen molar-refractivity contribution in [2.75, 3.05) is 13.6 Å². The standard InChI is InChI=1S/C21H26N2O2/c1-22-11-14(21(24)25)9-17-16-7-4-8-18-20(16)13(10-19(17)22)12-23(18)15-5-2-3-6-15/h4,7-8,12,14-15,17,19H,2-3,5-6,9-11H2,1H3,(H,24,25)/t14?,17-,19-/m1/s1. The molecule has 1 aliphatic heterocycles. The third-order valence-corrected chi connectivity index (χ3v) is 6.94. The lowest BCUT2D eigenvalue weighted by Gasteiger charge is -2.44. The molecule has 0 amide bonds. The molecule has 132 valence electrons. The van der Waals surface area contributed by atoms with Crippen molar-refractivity contribution in [2.24, 2.45) is 5.92 Å². The topological polar surface area (TPSA) is 45.5 Å². The minimum absolute atomic E-state index is 0.250. The van der Waals surface area contributed by atoms with Crippen LogP contribution in [0.5, 0.6) is 0 Å². The molecule has 2 aliphatic carbocycles. The molecule has 5 rings (SSSR count). The van der Waals surface area contributed by atoms with E-state index in [4.69, 9.17) is 0 Å². The van der Waals surface area contributed by atoms with Gasteiger partial charge in [-0.2, -0.15) is 0 Å². The van der Waals surface area contributed by atoms with Crippen molar-refractivity contribution in [3.05, 3.63) is 35.5 Å². The van der Waals surface area contributed by atoms with Crippen molar-refractivity contribution >= 4 is 16.9 Å². The van der Waals surface area contributed by atoms with Crippen molar-refractivity contribution in [3.8, 4) is 0 Å². The van der Waals surface area contributed by atoms with Crippen molar-refractivity contribution in [2.45, 2.75) is 56.5 Å². The number of carbonyl (C=O) groups is 1. The molecule has 3 aliphatic rings. The van der Waals surface area contributed by atoms with Crippen molar-refractivity contribution < 1.29 is 9.90 Å². The first-order valence-electron chi connectivity index (χ1n) is 9.69. The van der Waals surface area contributed by atoms with Gasteiger partial charge in [0.1, 0.15) is 0 Å². The minimum atomic E-state index is -0.646. The Bertz CT molecular complexity index is 834. The quantitative estimate of drug-likeness (QED) is 0.906. The molecule has 2 heterocycles. The Balaban J connectivity index is 1.63. The van der Waals surface area contributed by atoms with E-state index in [2.05, 4.69) is 40.9 Å². The van der Waals surface area contributed by atoms with Crippen LogP contribution in [0.25, 0.3) is 10.9 Å². The first kappa shape index (κ1) is 15.4. The molecule has 0 radical (unpaired) electrons. The second kappa shape index (κ2) is 5.60. The number of nitrogens with zero attached hydrogens (tertiary/aromatic N) is 2. The van der Waals surface area contributed by atoms with Crippen molar-refractivity contribution in [3.63, 3.8) is 0 Å². The fourth-order valence-corrected chi connectivity index (χ4v) is 5.74. The predicted molar refractivity (Wildman–Crippen MR) is 98.0 cm³/mol. The number of hydrogen-bond donors (Lipinski definition) is 1. The first-order valence-corrected chi connectivity index (χ1v) is 9.69. The number of rotatable bonds is 2. The number of likely N-dealkylation sites (tertiary alicyclic amines) is 1. The summed E-state index contributed by atoms with van der Waals surface area (Å²) in [5.41, 5.74) is 4.23. The lowest BCUT2D eigenvalue weighted by Crippen LogP contribution is -2.49. The molecule has 1 unspecified atom stereocenters. The monoisotopic (exact) mass is 338 g/mol. The zero-order valence-electron chi connectivity index (χ0n) is 14.8. The predicted octanol–water partition coefficient (Wildman–Crippen LogP) is 3.80. The summed E-state index contributed by atoms with van der Waals surface area (Å²) in [6.45, 7) is 0.672. The summed E-state index contributed by atoms with van der Waals surface area (Å²) < 4.78 is 2.53. The van der Waals surface area contributed by atoms with E-state index in [0.29, 0.717) is 24.5 Å². The van der Waals surface area contributed by atoms with E-state index >= 15 is 0 Å². The second-order valence-corrected chi connectivity index (χ2v) is 8.33. The summed E-state index contributed by atoms with van der Waals surface area (Å²) in [5, 5.41) is 11.0. The fraction of sp³-hybridized carbons (Fsp3) is 0.571. The average Bonchev–Trinajstić information content (AvgIpc) is 3.24. The highest BCUT2D eigenvalue weighted by molar-refractivity contribution is 5.89. The van der Waals surface area contributed by atoms with Gasteiger partial charge < -0.3 is 14.6 Å². The smallest absolute Gasteiger partial charge is 0.307 e. The van der Waals surface area contributed by atoms with Gasteiger partial charge in [0.25, 0.3) is 0 Å². The maximum atomic E-state index is 11.6. The van der Waals surface area contributed by atoms with Gasteiger partial charge >= 0.3 is 5.97 Å². The summed E-state index contributed by atoms with van der Waals surface area (Å²) in [7, 11) is 2.10. The first-order chi connectivity index (χ1) is 12.1. The van der Waals surface area contributed by atoms with Crippen LogP contribution < -0.4 is 0 Å². The maximum absolute atomic E-state index is 11.6. The van der Waals surface area contributed by atoms with E-state index in [1.165, 1.54) is 47.7 Å². The summed E-state index contributed by atoms with van der Waals surface area (Å²) in [4.78, 5) is 13.9. The fourth-order valence-electron chi connectivity index (χ4n) is 5.74. The molecule has 1 N–H and O–H groups in total. The summed E-state index contributed by atoms with van der Waals surface area (Å²) in [5.74, 6) is -0.553. The summed E-state index contributed by atoms with van der Waals surface area (Å²) >= 11 is 0. The number of hydrogen-bond acceptors (Lipinski definition) is 2. The van der Waals surface area contributed by atoms with Gasteiger partial charge in [-0.3, -0.25) is 4.79 Å². The third kappa shape index (κ3) is 2.27. The van der Waals surface area contributed by atoms with Crippen LogP contribution in [0, 0.1) is 5.92 Å². The number of aromatic nitrogens is 1. The Hall–Kier alpha value is -1.81. The number of benzene rings is 1. The molecule has 1 saturated carbocycles. The highest BCUT2D eigenvalue weighted by Crippen LogP contribution is 2.46. The van der Waals surface area contributed by atoms with Gasteiger partial charge in [-0.15, -0.1) is 0 Å². The van der Waals surface area contributed by atoms with Crippen molar-refractivity contribution in [1.29, 1.82) is 0 Å². The highest BCUT2D eigenvalue weighted by atomic mass is 16.4. The number of carboxylic acid groups (broad SMARTS) is 1. The van der Waals surface area contributed by atoms with Crippen LogP contribution in [0.2, 0.25) is 0 Å². The molecule has 2 aromatic rings. The van der Waals surface area contributed by atoms with Gasteiger partial charge in [0.15, 0.2) is 0 Å². The molecule has 0 spiro atoms. The highest BCUT2D eigenvalue weighted by Gasteiger charge is 2.41. The van der Waals surface area contributed by atoms with E-state index < -0.39 is 5.97 Å². The lowest BCUT2D eigenvalue weighted by atomic mass is 9.72. The number of piperidine rings is 1. The van der Waals surface area contributed by atoms with Gasteiger partial charge in [0.05, 0.1) is 5.92 Å². The van der Waals surface area contributed by atoms with Gasteiger partial charge in [-0.05, 0) is 49.9 Å². The van der Waals surface area contributed by atoms with Gasteiger partial charge in [-0.1, -0.05) is 25.0 Å². The Morgan fingerprint density at radius 3 is 2.80 bits per heavy atom. The number of aliphatic carboxylic acids is 1. The van der Waals surface area contributed by atoms with E-state index in [0.717, 1.165) is 12.8 Å². The summed E-state index contributed by atoms with van der Waals surface area (Å²) in [6.07, 6.45) is 9.51. The normalized spacial score (nSPS) is 29.9. The number of fused-ring (bicyclic) bond motifs is 2. The van der Waals surface area contributed by atoms with E-state index in [9.17, 15) is 9.90 Å². The molecule has 1 aromatic carbocycles. The molecule has 1 aromatic heterocycles. The maximum Gasteiger partial charge on any atom is 0.307 e. The van der Waals surface area contributed by atoms with Crippen LogP contribution in [-0.4, -0.2) is 40.2 Å². The van der Waals surface area contributed by atoms with Crippen LogP contribution in [0.15, 0.2) is 24.4 Å². The molecular weight excluding hydrogens is 312 g/mol. The molecular formula is C21H26N2O2. The molecule has 1 saturated heterocycles. The zero-order valence-corrected chi connectivity index (χ0v) is 14.8. The van der Waals surface area contributed by atoms with E-state index in [1.807, 2.05) is 0 Å². The Kier molecular flexibility index (Phi) is 3.46. The Labute approximate surface area is 148 Å². The van der Waals surface area contributed by atoms with Gasteiger partial charge in [0, 0.05) is 41.6 Å². The molecule has 2 fully saturated rings. The van der Waals surface area contributed by atoms with Crippen LogP contribution in [0.1, 0.15) is 55.2 Å². The lowest BCUT2D eigenvalue weighted by molar-refractivity contribution is -0.144. The third-order valence-electron chi connectivity index (χ3n) is 6.94. The Morgan fingerprint density at radius 2 is 2.04 bits per heavy atom. The van der Waals surface area contributed by atoms with Crippen LogP contribution in [0.3, 0.4) is 0 Å². The molecule has 25 heavy (non-hydrogen) atoms. The van der Waals surface area contributed by atoms with Crippen LogP contribution >= 0.6 is 0 Å². The number of carboxylic acids is 1. The van der Waals surface area contributed by atoms with Crippen LogP contribution in [0.4, 0.5) is 0 Å². The molecule has 4 nitrogen and oxygen atoms in total. The second-order valence-electron chi connectivity index (χ2n) is 8.33. The van der Waals surface area contributed by atoms with Gasteiger partial charge in [-0.25, -0.2) is 0 Å². The molecule has 3 atom stereocenters. The van der Waals surface area contributed by atoms with Crippen LogP contribution in [-0.2, 0) is 11.2 Å². The van der Waals surface area contributed by atoms with Gasteiger partial charge in [0.2, 0.25) is 0 Å².